The molecule has 0 saturated carbocycles. The van der Waals surface area contributed by atoms with Gasteiger partial charge in [-0.3, -0.25) is 4.79 Å². The number of nitrogens with zero attached hydrogens (tertiary/aromatic N) is 2. The highest BCUT2D eigenvalue weighted by atomic mass is 32.2. The molecule has 8 heteroatoms. The van der Waals surface area contributed by atoms with E-state index in [0.717, 1.165) is 34.1 Å². The number of rotatable bonds is 8. The number of amidine groups is 1. The molecule has 1 amide bonds. The van der Waals surface area contributed by atoms with Crippen LogP contribution in [0.5, 0.6) is 11.5 Å². The molecule has 1 fully saturated rings. The van der Waals surface area contributed by atoms with Gasteiger partial charge in [-0.15, -0.1) is 0 Å². The number of benzene rings is 3. The molecule has 6 nitrogen and oxygen atoms in total. The van der Waals surface area contributed by atoms with Gasteiger partial charge >= 0.3 is 0 Å². The van der Waals surface area contributed by atoms with Gasteiger partial charge in [0.2, 0.25) is 0 Å². The number of hydrogen-bond donors (Lipinski definition) is 1. The molecule has 2 heterocycles. The molecule has 0 radical (unpaired) electrons. The van der Waals surface area contributed by atoms with Gasteiger partial charge in [0, 0.05) is 22.6 Å². The highest BCUT2D eigenvalue weighted by molar-refractivity contribution is 8.18. The lowest BCUT2D eigenvalue weighted by Crippen LogP contribution is -2.19. The smallest absolute Gasteiger partial charge is 0.264 e. The number of carbonyl (C=O) groups is 1. The Labute approximate surface area is 231 Å². The van der Waals surface area contributed by atoms with Crippen molar-refractivity contribution in [1.82, 2.24) is 9.88 Å². The summed E-state index contributed by atoms with van der Waals surface area (Å²) in [5.41, 5.74) is 5.21. The summed E-state index contributed by atoms with van der Waals surface area (Å²) in [6.45, 7) is 6.75. The van der Waals surface area contributed by atoms with Crippen LogP contribution >= 0.6 is 11.8 Å². The van der Waals surface area contributed by atoms with Crippen LogP contribution in [0, 0.1) is 19.7 Å². The Kier molecular flexibility index (Phi) is 7.84. The fourth-order valence-corrected chi connectivity index (χ4v) is 5.15. The maximum absolute atomic E-state index is 13.9. The van der Waals surface area contributed by atoms with Crippen molar-refractivity contribution in [2.75, 3.05) is 6.61 Å². The van der Waals surface area contributed by atoms with Gasteiger partial charge in [0.25, 0.3) is 5.91 Å². The first-order valence-corrected chi connectivity index (χ1v) is 13.4. The number of thioether (sulfide) groups is 1. The van der Waals surface area contributed by atoms with E-state index in [4.69, 9.17) is 9.47 Å². The van der Waals surface area contributed by atoms with E-state index in [-0.39, 0.29) is 18.3 Å². The van der Waals surface area contributed by atoms with Crippen molar-refractivity contribution in [3.05, 3.63) is 112 Å². The van der Waals surface area contributed by atoms with Gasteiger partial charge in [0.15, 0.2) is 5.17 Å². The number of ether oxygens (including phenoxy) is 2. The largest absolute Gasteiger partial charge is 0.494 e. The number of hydrogen-bond acceptors (Lipinski definition) is 5. The molecular formula is C31H28FN3O3S. The van der Waals surface area contributed by atoms with Crippen LogP contribution in [0.4, 0.5) is 10.1 Å². The summed E-state index contributed by atoms with van der Waals surface area (Å²) < 4.78 is 27.2. The first-order valence-electron chi connectivity index (χ1n) is 12.6. The SMILES string of the molecule is CCOc1ccc(N=C2NC(=O)/C(=C\c3cc(C)n(-c4ccc(OCc5ccccc5F)cc4)c3C)S2)cc1. The van der Waals surface area contributed by atoms with Gasteiger partial charge in [-0.2, -0.15) is 0 Å². The molecule has 0 unspecified atom stereocenters. The Bertz CT molecular complexity index is 1560. The average Bonchev–Trinajstić information content (AvgIpc) is 3.42. The number of carbonyl (C=O) groups excluding carboxylic acids is 1. The average molecular weight is 542 g/mol. The minimum absolute atomic E-state index is 0.162. The van der Waals surface area contributed by atoms with Crippen LogP contribution in [0.15, 0.2) is 88.8 Å². The minimum Gasteiger partial charge on any atom is -0.494 e. The highest BCUT2D eigenvalue weighted by Gasteiger charge is 2.24. The van der Waals surface area contributed by atoms with E-state index in [9.17, 15) is 9.18 Å². The summed E-state index contributed by atoms with van der Waals surface area (Å²) in [7, 11) is 0. The number of aliphatic imine (C=N–C) groups is 1. The van der Waals surface area contributed by atoms with Crippen molar-refractivity contribution >= 4 is 34.6 Å². The Morgan fingerprint density at radius 3 is 2.38 bits per heavy atom. The molecule has 4 aromatic rings. The third kappa shape index (κ3) is 6.07. The molecule has 1 aliphatic heterocycles. The molecule has 39 heavy (non-hydrogen) atoms. The van der Waals surface area contributed by atoms with Gasteiger partial charge < -0.3 is 19.4 Å². The second-order valence-electron chi connectivity index (χ2n) is 8.94. The highest BCUT2D eigenvalue weighted by Crippen LogP contribution is 2.31. The Hall–Kier alpha value is -4.30. The molecule has 1 aliphatic rings. The van der Waals surface area contributed by atoms with E-state index in [1.165, 1.54) is 17.8 Å². The van der Waals surface area contributed by atoms with E-state index < -0.39 is 0 Å². The molecule has 5 rings (SSSR count). The molecule has 1 aromatic heterocycles. The molecule has 0 bridgehead atoms. The second-order valence-corrected chi connectivity index (χ2v) is 9.98. The van der Waals surface area contributed by atoms with Gasteiger partial charge in [0.05, 0.1) is 17.2 Å². The van der Waals surface area contributed by atoms with Crippen molar-refractivity contribution in [1.29, 1.82) is 0 Å². The summed E-state index contributed by atoms with van der Waals surface area (Å²) in [6.07, 6.45) is 1.89. The van der Waals surface area contributed by atoms with E-state index in [2.05, 4.69) is 20.9 Å². The number of halogens is 1. The fraction of sp³-hybridized carbons (Fsp3) is 0.161. The van der Waals surface area contributed by atoms with Gasteiger partial charge in [0.1, 0.15) is 23.9 Å². The molecule has 0 aliphatic carbocycles. The maximum Gasteiger partial charge on any atom is 0.264 e. The maximum atomic E-state index is 13.9. The zero-order valence-electron chi connectivity index (χ0n) is 21.9. The van der Waals surface area contributed by atoms with Crippen LogP contribution < -0.4 is 14.8 Å². The van der Waals surface area contributed by atoms with Crippen molar-refractivity contribution in [3.8, 4) is 17.2 Å². The van der Waals surface area contributed by atoms with Crippen LogP contribution in [0.25, 0.3) is 11.8 Å². The van der Waals surface area contributed by atoms with Crippen LogP contribution in [0.1, 0.15) is 29.4 Å². The summed E-state index contributed by atoms with van der Waals surface area (Å²) >= 11 is 1.32. The monoisotopic (exact) mass is 541 g/mol. The summed E-state index contributed by atoms with van der Waals surface area (Å²) in [5.74, 6) is 0.985. The number of nitrogens with one attached hydrogen (secondary N) is 1. The number of aromatic nitrogens is 1. The number of amides is 1. The lowest BCUT2D eigenvalue weighted by molar-refractivity contribution is -0.115. The first-order chi connectivity index (χ1) is 18.9. The van der Waals surface area contributed by atoms with E-state index in [0.29, 0.717) is 28.0 Å². The Morgan fingerprint density at radius 1 is 0.974 bits per heavy atom. The zero-order chi connectivity index (χ0) is 27.4. The third-order valence-electron chi connectivity index (χ3n) is 6.23. The molecule has 0 atom stereocenters. The van der Waals surface area contributed by atoms with Crippen molar-refractivity contribution in [2.24, 2.45) is 4.99 Å². The third-order valence-corrected chi connectivity index (χ3v) is 7.14. The van der Waals surface area contributed by atoms with Crippen molar-refractivity contribution in [2.45, 2.75) is 27.4 Å². The predicted molar refractivity (Wildman–Crippen MR) is 154 cm³/mol. The van der Waals surface area contributed by atoms with Crippen molar-refractivity contribution < 1.29 is 18.7 Å². The van der Waals surface area contributed by atoms with Crippen LogP contribution in [0.3, 0.4) is 0 Å². The quantitative estimate of drug-likeness (QED) is 0.242. The lowest BCUT2D eigenvalue weighted by Gasteiger charge is -2.12. The van der Waals surface area contributed by atoms with Crippen LogP contribution in [-0.2, 0) is 11.4 Å². The molecule has 1 N–H and O–H groups in total. The van der Waals surface area contributed by atoms with Gasteiger partial charge in [-0.25, -0.2) is 9.38 Å². The molecule has 1 saturated heterocycles. The van der Waals surface area contributed by atoms with E-state index >= 15 is 0 Å². The summed E-state index contributed by atoms with van der Waals surface area (Å²) in [6, 6.07) is 23.8. The normalized spacial score (nSPS) is 15.1. The first kappa shape index (κ1) is 26.3. The van der Waals surface area contributed by atoms with E-state index in [1.807, 2.05) is 75.4 Å². The standard InChI is InChI=1S/C31H28FN3O3S/c1-4-37-26-13-9-24(10-14-26)33-31-34-30(36)29(39-31)18-23-17-20(2)35(21(23)3)25-11-15-27(16-12-25)38-19-22-7-5-6-8-28(22)32/h5-18H,4,19H2,1-3H3,(H,33,34,36)/b29-18+. The lowest BCUT2D eigenvalue weighted by atomic mass is 10.2. The Balaban J connectivity index is 1.30. The second kappa shape index (κ2) is 11.6. The van der Waals surface area contributed by atoms with Gasteiger partial charge in [-0.1, -0.05) is 18.2 Å². The molecule has 0 spiro atoms. The molecular weight excluding hydrogens is 513 g/mol. The summed E-state index contributed by atoms with van der Waals surface area (Å²) in [5, 5.41) is 3.39. The fourth-order valence-electron chi connectivity index (χ4n) is 4.32. The minimum atomic E-state index is -0.280. The predicted octanol–water partition coefficient (Wildman–Crippen LogP) is 7.10. The van der Waals surface area contributed by atoms with Crippen molar-refractivity contribution in [3.63, 3.8) is 0 Å². The van der Waals surface area contributed by atoms with Crippen LogP contribution in [-0.4, -0.2) is 22.2 Å². The Morgan fingerprint density at radius 2 is 1.67 bits per heavy atom. The zero-order valence-corrected chi connectivity index (χ0v) is 22.7. The molecule has 198 valence electrons. The van der Waals surface area contributed by atoms with Gasteiger partial charge in [-0.05, 0) is 105 Å². The topological polar surface area (TPSA) is 64.8 Å². The summed E-state index contributed by atoms with van der Waals surface area (Å²) in [4.78, 5) is 17.8. The van der Waals surface area contributed by atoms with E-state index in [1.54, 1.807) is 18.2 Å². The number of aryl methyl sites for hydroxylation is 1. The molecule has 3 aromatic carbocycles. The van der Waals surface area contributed by atoms with Crippen LogP contribution in [0.2, 0.25) is 0 Å².